The Morgan fingerprint density at radius 2 is 1.68 bits per heavy atom. The van der Waals surface area contributed by atoms with Crippen LogP contribution in [0.2, 0.25) is 0 Å². The lowest BCUT2D eigenvalue weighted by molar-refractivity contribution is -0.167. The van der Waals surface area contributed by atoms with Gasteiger partial charge in [0.05, 0.1) is 6.54 Å². The van der Waals surface area contributed by atoms with Gasteiger partial charge in [0, 0.05) is 31.6 Å². The van der Waals surface area contributed by atoms with Crippen molar-refractivity contribution in [1.29, 1.82) is 0 Å². The van der Waals surface area contributed by atoms with Gasteiger partial charge in [0.2, 0.25) is 0 Å². The first kappa shape index (κ1) is 20.7. The number of hydrogen-bond acceptors (Lipinski definition) is 6. The van der Waals surface area contributed by atoms with Crippen molar-refractivity contribution >= 4 is 17.9 Å². The van der Waals surface area contributed by atoms with Gasteiger partial charge in [0.15, 0.2) is 5.84 Å². The van der Waals surface area contributed by atoms with E-state index < -0.39 is 29.0 Å². The molecule has 2 heterocycles. The topological polar surface area (TPSA) is 97.5 Å². The molecule has 0 aromatic heterocycles. The average Bonchev–Trinajstić information content (AvgIpc) is 3.24. The standard InChI is InChI=1S/C17H25F3N4O4/c1-14(2,3)27-13(26)24-9-15(10-24)7-23(8-15)6-11(25)28-22-12(21)16(4-5-16)17(18,19)20/h4-10H2,1-3H3,(H2,21,22). The minimum Gasteiger partial charge on any atom is -0.444 e. The molecule has 0 unspecified atom stereocenters. The molecule has 1 spiro atoms. The summed E-state index contributed by atoms with van der Waals surface area (Å²) in [5, 5.41) is 3.20. The van der Waals surface area contributed by atoms with E-state index in [1.54, 1.807) is 30.6 Å². The maximum atomic E-state index is 12.9. The van der Waals surface area contributed by atoms with E-state index in [9.17, 15) is 22.8 Å². The minimum atomic E-state index is -4.50. The van der Waals surface area contributed by atoms with Crippen molar-refractivity contribution in [2.45, 2.75) is 45.4 Å². The Bertz CT molecular complexity index is 683. The largest absolute Gasteiger partial charge is 0.444 e. The second kappa shape index (κ2) is 6.50. The van der Waals surface area contributed by atoms with Crippen LogP contribution >= 0.6 is 0 Å². The lowest BCUT2D eigenvalue weighted by Crippen LogP contribution is -2.73. The van der Waals surface area contributed by atoms with Gasteiger partial charge in [0.1, 0.15) is 11.0 Å². The monoisotopic (exact) mass is 406 g/mol. The Labute approximate surface area is 160 Å². The molecule has 1 saturated carbocycles. The smallest absolute Gasteiger partial charge is 0.410 e. The number of amides is 1. The number of hydrogen-bond donors (Lipinski definition) is 1. The number of nitrogens with two attached hydrogens (primary N) is 1. The quantitative estimate of drug-likeness (QED) is 0.330. The van der Waals surface area contributed by atoms with Gasteiger partial charge < -0.3 is 20.2 Å². The van der Waals surface area contributed by atoms with Crippen LogP contribution in [0.4, 0.5) is 18.0 Å². The van der Waals surface area contributed by atoms with E-state index in [-0.39, 0.29) is 30.9 Å². The zero-order valence-corrected chi connectivity index (χ0v) is 16.1. The third-order valence-electron chi connectivity index (χ3n) is 5.20. The third-order valence-corrected chi connectivity index (χ3v) is 5.20. The van der Waals surface area contributed by atoms with E-state index in [4.69, 9.17) is 10.5 Å². The first-order chi connectivity index (χ1) is 12.8. The van der Waals surface area contributed by atoms with Gasteiger partial charge in [-0.05, 0) is 33.6 Å². The molecule has 0 aromatic carbocycles. The molecular formula is C17H25F3N4O4. The Hall–Kier alpha value is -2.04. The van der Waals surface area contributed by atoms with Gasteiger partial charge >= 0.3 is 18.2 Å². The SMILES string of the molecule is CC(C)(C)OC(=O)N1CC2(CN(CC(=O)O/N=C(\N)C3(C(F)(F)F)CC3)C2)C1. The molecule has 0 bridgehead atoms. The summed E-state index contributed by atoms with van der Waals surface area (Å²) >= 11 is 0. The zero-order chi connectivity index (χ0) is 21.0. The van der Waals surface area contributed by atoms with E-state index in [0.29, 0.717) is 26.2 Å². The summed E-state index contributed by atoms with van der Waals surface area (Å²) in [5.74, 6) is -1.47. The van der Waals surface area contributed by atoms with Crippen LogP contribution < -0.4 is 5.73 Å². The second-order valence-electron chi connectivity index (χ2n) is 9.00. The zero-order valence-electron chi connectivity index (χ0n) is 16.1. The predicted octanol–water partition coefficient (Wildman–Crippen LogP) is 1.70. The Balaban J connectivity index is 1.38. The Kier molecular flexibility index (Phi) is 4.80. The van der Waals surface area contributed by atoms with Crippen LogP contribution in [0.1, 0.15) is 33.6 Å². The lowest BCUT2D eigenvalue weighted by atomic mass is 9.73. The molecule has 1 amide bonds. The molecule has 2 aliphatic heterocycles. The summed E-state index contributed by atoms with van der Waals surface area (Å²) in [7, 11) is 0. The van der Waals surface area contributed by atoms with E-state index >= 15 is 0 Å². The minimum absolute atomic E-state index is 0.0617. The normalized spacial score (nSPS) is 23.6. The molecule has 11 heteroatoms. The summed E-state index contributed by atoms with van der Waals surface area (Å²) < 4.78 is 44.0. The number of oxime groups is 1. The number of carbonyl (C=O) groups excluding carboxylic acids is 2. The van der Waals surface area contributed by atoms with Gasteiger partial charge in [-0.2, -0.15) is 13.2 Å². The number of carbonyl (C=O) groups is 2. The van der Waals surface area contributed by atoms with Crippen molar-refractivity contribution in [3.63, 3.8) is 0 Å². The molecular weight excluding hydrogens is 381 g/mol. The summed E-state index contributed by atoms with van der Waals surface area (Å²) in [5.41, 5.74) is 2.61. The molecule has 1 aliphatic carbocycles. The predicted molar refractivity (Wildman–Crippen MR) is 92.1 cm³/mol. The number of likely N-dealkylation sites (tertiary alicyclic amines) is 2. The first-order valence-corrected chi connectivity index (χ1v) is 9.06. The van der Waals surface area contributed by atoms with Crippen LogP contribution in [0, 0.1) is 10.8 Å². The maximum Gasteiger partial charge on any atom is 0.410 e. The molecule has 0 atom stereocenters. The average molecular weight is 406 g/mol. The highest BCUT2D eigenvalue weighted by molar-refractivity contribution is 5.90. The van der Waals surface area contributed by atoms with Crippen molar-refractivity contribution in [1.82, 2.24) is 9.80 Å². The van der Waals surface area contributed by atoms with E-state index in [1.165, 1.54) is 0 Å². The van der Waals surface area contributed by atoms with Crippen molar-refractivity contribution in [3.05, 3.63) is 0 Å². The summed E-state index contributed by atoms with van der Waals surface area (Å²) in [6, 6.07) is 0. The van der Waals surface area contributed by atoms with Crippen molar-refractivity contribution in [2.24, 2.45) is 21.7 Å². The maximum absolute atomic E-state index is 12.9. The van der Waals surface area contributed by atoms with Gasteiger partial charge in [-0.15, -0.1) is 0 Å². The van der Waals surface area contributed by atoms with Gasteiger partial charge in [-0.1, -0.05) is 5.16 Å². The van der Waals surface area contributed by atoms with Crippen LogP contribution in [-0.2, 0) is 14.4 Å². The Morgan fingerprint density at radius 1 is 1.11 bits per heavy atom. The van der Waals surface area contributed by atoms with Crippen LogP contribution in [0.5, 0.6) is 0 Å². The molecule has 3 rings (SSSR count). The third kappa shape index (κ3) is 4.03. The summed E-state index contributed by atoms with van der Waals surface area (Å²) in [6.07, 6.45) is -5.15. The number of ether oxygens (including phenoxy) is 1. The van der Waals surface area contributed by atoms with Gasteiger partial charge in [-0.3, -0.25) is 4.90 Å². The molecule has 2 N–H and O–H groups in total. The molecule has 3 fully saturated rings. The highest BCUT2D eigenvalue weighted by atomic mass is 19.4. The Morgan fingerprint density at radius 3 is 2.14 bits per heavy atom. The first-order valence-electron chi connectivity index (χ1n) is 9.06. The van der Waals surface area contributed by atoms with Crippen LogP contribution in [0.25, 0.3) is 0 Å². The molecule has 8 nitrogen and oxygen atoms in total. The molecule has 28 heavy (non-hydrogen) atoms. The highest BCUT2D eigenvalue weighted by Gasteiger charge is 2.66. The van der Waals surface area contributed by atoms with Crippen LogP contribution in [0.3, 0.4) is 0 Å². The number of nitrogens with zero attached hydrogens (tertiary/aromatic N) is 3. The fourth-order valence-corrected chi connectivity index (χ4v) is 3.64. The lowest BCUT2D eigenvalue weighted by Gasteiger charge is -2.59. The van der Waals surface area contributed by atoms with Gasteiger partial charge in [0.25, 0.3) is 0 Å². The van der Waals surface area contributed by atoms with Crippen molar-refractivity contribution in [3.8, 4) is 0 Å². The fourth-order valence-electron chi connectivity index (χ4n) is 3.64. The second-order valence-corrected chi connectivity index (χ2v) is 9.00. The van der Waals surface area contributed by atoms with Gasteiger partial charge in [-0.25, -0.2) is 9.59 Å². The van der Waals surface area contributed by atoms with E-state index in [1.807, 2.05) is 0 Å². The molecule has 2 saturated heterocycles. The van der Waals surface area contributed by atoms with Crippen molar-refractivity contribution in [2.75, 3.05) is 32.7 Å². The number of amidine groups is 1. The molecule has 0 radical (unpaired) electrons. The summed E-state index contributed by atoms with van der Waals surface area (Å²) in [4.78, 5) is 31.7. The highest BCUT2D eigenvalue weighted by Crippen LogP contribution is 2.57. The number of rotatable bonds is 4. The fraction of sp³-hybridized carbons (Fsp3) is 0.824. The van der Waals surface area contributed by atoms with Crippen LogP contribution in [-0.4, -0.2) is 72.2 Å². The molecule has 3 aliphatic rings. The summed E-state index contributed by atoms with van der Waals surface area (Å²) in [6.45, 7) is 7.58. The van der Waals surface area contributed by atoms with Crippen LogP contribution in [0.15, 0.2) is 5.16 Å². The molecule has 0 aromatic rings. The number of alkyl halides is 3. The van der Waals surface area contributed by atoms with E-state index in [2.05, 4.69) is 9.99 Å². The van der Waals surface area contributed by atoms with Crippen molar-refractivity contribution < 1.29 is 32.3 Å². The molecule has 158 valence electrons. The number of halogens is 3. The van der Waals surface area contributed by atoms with E-state index in [0.717, 1.165) is 0 Å².